The molecule has 3 N–H and O–H groups in total. The number of aryl methyl sites for hydroxylation is 2. The highest BCUT2D eigenvalue weighted by Gasteiger charge is 2.18. The highest BCUT2D eigenvalue weighted by molar-refractivity contribution is 5.27. The van der Waals surface area contributed by atoms with E-state index in [-0.39, 0.29) is 6.04 Å². The SMILES string of the molecule is Cc1ncccc1C(NN)c1nccn1C. The van der Waals surface area contributed by atoms with Crippen molar-refractivity contribution in [3.8, 4) is 0 Å². The molecule has 0 aliphatic heterocycles. The fourth-order valence-corrected chi connectivity index (χ4v) is 1.76. The lowest BCUT2D eigenvalue weighted by Crippen LogP contribution is -2.31. The molecule has 0 aliphatic rings. The van der Waals surface area contributed by atoms with Crippen molar-refractivity contribution < 1.29 is 0 Å². The van der Waals surface area contributed by atoms with Crippen molar-refractivity contribution in [1.29, 1.82) is 0 Å². The zero-order chi connectivity index (χ0) is 11.5. The summed E-state index contributed by atoms with van der Waals surface area (Å²) < 4.78 is 1.94. The summed E-state index contributed by atoms with van der Waals surface area (Å²) in [6, 6.07) is 3.77. The van der Waals surface area contributed by atoms with Crippen LogP contribution in [0, 0.1) is 6.92 Å². The number of hydrogen-bond acceptors (Lipinski definition) is 4. The number of aromatic nitrogens is 3. The minimum Gasteiger partial charge on any atom is -0.336 e. The maximum atomic E-state index is 5.60. The third kappa shape index (κ3) is 1.82. The molecule has 0 spiro atoms. The first kappa shape index (κ1) is 10.8. The number of hydrogen-bond donors (Lipinski definition) is 2. The molecule has 2 rings (SSSR count). The molecule has 0 saturated carbocycles. The lowest BCUT2D eigenvalue weighted by atomic mass is 10.1. The van der Waals surface area contributed by atoms with Gasteiger partial charge in [-0.2, -0.15) is 0 Å². The highest BCUT2D eigenvalue weighted by atomic mass is 15.3. The second-order valence-corrected chi connectivity index (χ2v) is 3.67. The van der Waals surface area contributed by atoms with E-state index in [1.54, 1.807) is 12.4 Å². The Labute approximate surface area is 94.3 Å². The van der Waals surface area contributed by atoms with Crippen molar-refractivity contribution in [2.24, 2.45) is 12.9 Å². The molecule has 1 unspecified atom stereocenters. The lowest BCUT2D eigenvalue weighted by Gasteiger charge is -2.17. The first-order valence-electron chi connectivity index (χ1n) is 5.09. The van der Waals surface area contributed by atoms with Crippen LogP contribution >= 0.6 is 0 Å². The Balaban J connectivity index is 2.45. The summed E-state index contributed by atoms with van der Waals surface area (Å²) in [5.74, 6) is 6.48. The maximum Gasteiger partial charge on any atom is 0.131 e. The van der Waals surface area contributed by atoms with E-state index in [4.69, 9.17) is 5.84 Å². The molecular weight excluding hydrogens is 202 g/mol. The van der Waals surface area contributed by atoms with Crippen molar-refractivity contribution in [3.63, 3.8) is 0 Å². The number of pyridine rings is 1. The number of rotatable bonds is 3. The van der Waals surface area contributed by atoms with E-state index in [0.29, 0.717) is 0 Å². The van der Waals surface area contributed by atoms with Crippen LogP contribution in [0.1, 0.15) is 23.1 Å². The van der Waals surface area contributed by atoms with Crippen molar-refractivity contribution >= 4 is 0 Å². The number of nitrogens with two attached hydrogens (primary N) is 1. The summed E-state index contributed by atoms with van der Waals surface area (Å²) >= 11 is 0. The Kier molecular flexibility index (Phi) is 2.98. The van der Waals surface area contributed by atoms with E-state index in [9.17, 15) is 0 Å². The standard InChI is InChI=1S/C11H15N5/c1-8-9(4-3-5-13-8)10(15-12)11-14-6-7-16(11)2/h3-7,10,15H,12H2,1-2H3. The molecule has 0 aromatic carbocycles. The smallest absolute Gasteiger partial charge is 0.131 e. The Hall–Kier alpha value is -1.72. The number of nitrogens with one attached hydrogen (secondary N) is 1. The Morgan fingerprint density at radius 1 is 1.38 bits per heavy atom. The van der Waals surface area contributed by atoms with Gasteiger partial charge in [0.05, 0.1) is 0 Å². The fraction of sp³-hybridized carbons (Fsp3) is 0.273. The molecular formula is C11H15N5. The van der Waals surface area contributed by atoms with Gasteiger partial charge in [0.1, 0.15) is 11.9 Å². The molecule has 5 nitrogen and oxygen atoms in total. The van der Waals surface area contributed by atoms with Gasteiger partial charge in [0.2, 0.25) is 0 Å². The predicted molar refractivity (Wildman–Crippen MR) is 61.3 cm³/mol. The zero-order valence-electron chi connectivity index (χ0n) is 9.38. The lowest BCUT2D eigenvalue weighted by molar-refractivity contribution is 0.575. The van der Waals surface area contributed by atoms with Gasteiger partial charge in [-0.3, -0.25) is 10.8 Å². The van der Waals surface area contributed by atoms with Crippen molar-refractivity contribution in [1.82, 2.24) is 20.0 Å². The molecule has 0 amide bonds. The Morgan fingerprint density at radius 3 is 2.75 bits per heavy atom. The van der Waals surface area contributed by atoms with Gasteiger partial charge in [-0.1, -0.05) is 6.07 Å². The normalized spacial score (nSPS) is 12.7. The monoisotopic (exact) mass is 217 g/mol. The van der Waals surface area contributed by atoms with Crippen LogP contribution < -0.4 is 11.3 Å². The van der Waals surface area contributed by atoms with Gasteiger partial charge in [-0.05, 0) is 18.6 Å². The molecule has 0 radical (unpaired) electrons. The molecule has 2 aromatic rings. The highest BCUT2D eigenvalue weighted by Crippen LogP contribution is 2.20. The third-order valence-electron chi connectivity index (χ3n) is 2.64. The molecule has 0 bridgehead atoms. The van der Waals surface area contributed by atoms with Crippen LogP contribution in [0.25, 0.3) is 0 Å². The van der Waals surface area contributed by atoms with Crippen LogP contribution in [0.15, 0.2) is 30.7 Å². The molecule has 16 heavy (non-hydrogen) atoms. The second-order valence-electron chi connectivity index (χ2n) is 3.67. The van der Waals surface area contributed by atoms with E-state index >= 15 is 0 Å². The van der Waals surface area contributed by atoms with Crippen LogP contribution in [0.3, 0.4) is 0 Å². The van der Waals surface area contributed by atoms with Crippen LogP contribution in [0.4, 0.5) is 0 Å². The Bertz CT molecular complexity index is 477. The second kappa shape index (κ2) is 4.42. The number of nitrogens with zero attached hydrogens (tertiary/aromatic N) is 3. The summed E-state index contributed by atoms with van der Waals surface area (Å²) in [6.45, 7) is 1.96. The molecule has 2 heterocycles. The largest absolute Gasteiger partial charge is 0.336 e. The van der Waals surface area contributed by atoms with E-state index in [1.165, 1.54) is 0 Å². The molecule has 1 atom stereocenters. The summed E-state index contributed by atoms with van der Waals surface area (Å²) in [5.41, 5.74) is 4.77. The maximum absolute atomic E-state index is 5.60. The first-order valence-corrected chi connectivity index (χ1v) is 5.09. The van der Waals surface area contributed by atoms with Crippen molar-refractivity contribution in [3.05, 3.63) is 47.8 Å². The minimum atomic E-state index is -0.131. The molecule has 0 saturated heterocycles. The van der Waals surface area contributed by atoms with E-state index in [1.807, 2.05) is 36.9 Å². The molecule has 0 fully saturated rings. The van der Waals surface area contributed by atoms with Crippen LogP contribution in [-0.2, 0) is 7.05 Å². The van der Waals surface area contributed by atoms with Gasteiger partial charge < -0.3 is 4.57 Å². The molecule has 5 heteroatoms. The Morgan fingerprint density at radius 2 is 2.19 bits per heavy atom. The van der Waals surface area contributed by atoms with Crippen LogP contribution in [0.5, 0.6) is 0 Å². The van der Waals surface area contributed by atoms with Crippen molar-refractivity contribution in [2.45, 2.75) is 13.0 Å². The minimum absolute atomic E-state index is 0.131. The van der Waals surface area contributed by atoms with Gasteiger partial charge in [-0.25, -0.2) is 10.4 Å². The number of imidazole rings is 1. The van der Waals surface area contributed by atoms with Crippen molar-refractivity contribution in [2.75, 3.05) is 0 Å². The van der Waals surface area contributed by atoms with Crippen LogP contribution in [-0.4, -0.2) is 14.5 Å². The van der Waals surface area contributed by atoms with Gasteiger partial charge in [-0.15, -0.1) is 0 Å². The van der Waals surface area contributed by atoms with Gasteiger partial charge in [0.15, 0.2) is 0 Å². The summed E-state index contributed by atoms with van der Waals surface area (Å²) in [6.07, 6.45) is 5.42. The first-order chi connectivity index (χ1) is 7.74. The summed E-state index contributed by atoms with van der Waals surface area (Å²) in [4.78, 5) is 8.55. The number of hydrazine groups is 1. The average molecular weight is 217 g/mol. The molecule has 2 aromatic heterocycles. The molecule has 84 valence electrons. The van der Waals surface area contributed by atoms with E-state index in [2.05, 4.69) is 15.4 Å². The summed E-state index contributed by atoms with van der Waals surface area (Å²) in [5, 5.41) is 0. The van der Waals surface area contributed by atoms with Gasteiger partial charge >= 0.3 is 0 Å². The van der Waals surface area contributed by atoms with Crippen LogP contribution in [0.2, 0.25) is 0 Å². The molecule has 0 aliphatic carbocycles. The fourth-order valence-electron chi connectivity index (χ4n) is 1.76. The predicted octanol–water partition coefficient (Wildman–Crippen LogP) is 0.676. The topological polar surface area (TPSA) is 68.8 Å². The summed E-state index contributed by atoms with van der Waals surface area (Å²) in [7, 11) is 1.94. The zero-order valence-corrected chi connectivity index (χ0v) is 9.38. The van der Waals surface area contributed by atoms with E-state index in [0.717, 1.165) is 17.1 Å². The van der Waals surface area contributed by atoms with Gasteiger partial charge in [0.25, 0.3) is 0 Å². The third-order valence-corrected chi connectivity index (χ3v) is 2.64. The van der Waals surface area contributed by atoms with Gasteiger partial charge in [0, 0.05) is 31.3 Å². The average Bonchev–Trinajstić information content (AvgIpc) is 2.69. The van der Waals surface area contributed by atoms with E-state index < -0.39 is 0 Å². The quantitative estimate of drug-likeness (QED) is 0.586.